The van der Waals surface area contributed by atoms with E-state index in [1.807, 2.05) is 60.8 Å². The monoisotopic (exact) mass is 780 g/mol. The molecule has 3 N–H and O–H groups in total. The van der Waals surface area contributed by atoms with Crippen molar-refractivity contribution in [3.05, 3.63) is 73.3 Å². The second-order valence-electron chi connectivity index (χ2n) is 17.3. The third-order valence-electron chi connectivity index (χ3n) is 9.65. The lowest BCUT2D eigenvalue weighted by molar-refractivity contribution is 0.0518. The fourth-order valence-corrected chi connectivity index (χ4v) is 10.1. The molecule has 14 heteroatoms. The predicted octanol–water partition coefficient (Wildman–Crippen LogP) is 8.58. The van der Waals surface area contributed by atoms with Crippen LogP contribution in [0.3, 0.4) is 0 Å². The van der Waals surface area contributed by atoms with Crippen LogP contribution in [0.15, 0.2) is 73.3 Å². The Morgan fingerprint density at radius 1 is 0.582 bits per heavy atom. The Bertz CT molecular complexity index is 2130. The molecule has 0 unspecified atom stereocenters. The highest BCUT2D eigenvalue weighted by Gasteiger charge is 2.40. The van der Waals surface area contributed by atoms with Crippen LogP contribution in [0, 0.1) is 0 Å². The second-order valence-corrected chi connectivity index (χ2v) is 19.5. The molecule has 0 aromatic carbocycles. The molecule has 0 saturated carbocycles. The summed E-state index contributed by atoms with van der Waals surface area (Å²) in [4.78, 5) is 4.49. The van der Waals surface area contributed by atoms with Gasteiger partial charge in [0.25, 0.3) is 0 Å². The summed E-state index contributed by atoms with van der Waals surface area (Å²) in [5.74, 6) is 1.18. The van der Waals surface area contributed by atoms with Crippen LogP contribution in [0.5, 0.6) is 11.8 Å². The SMILES string of the molecule is CC1(C)CC(Oc2ccc(-c3ccc(-c4cn[nH]c4)s3)nn2)CC(C)(C)N1.Cn1cc(-c2ccc(-c3ccc(OC4CC(C)(C)NC(C)(C)C4)nn3)s2)cn1. The Balaban J connectivity index is 0.000000169. The van der Waals surface area contributed by atoms with Crippen molar-refractivity contribution in [3.8, 4) is 53.8 Å². The van der Waals surface area contributed by atoms with Crippen molar-refractivity contribution in [1.29, 1.82) is 0 Å². The summed E-state index contributed by atoms with van der Waals surface area (Å²) in [6.45, 7) is 17.7. The third-order valence-corrected chi connectivity index (χ3v) is 12.0. The number of hydrogen-bond acceptors (Lipinski definition) is 12. The normalized spacial score (nSPS) is 19.0. The number of nitrogens with zero attached hydrogens (tertiary/aromatic N) is 7. The van der Waals surface area contributed by atoms with Crippen LogP contribution in [0.25, 0.3) is 42.0 Å². The van der Waals surface area contributed by atoms with Crippen LogP contribution in [0.1, 0.15) is 81.1 Å². The van der Waals surface area contributed by atoms with Crippen molar-refractivity contribution in [2.45, 2.75) is 115 Å². The molecule has 0 aliphatic carbocycles. The van der Waals surface area contributed by atoms with E-state index in [4.69, 9.17) is 9.47 Å². The zero-order chi connectivity index (χ0) is 39.0. The Morgan fingerprint density at radius 3 is 1.42 bits per heavy atom. The zero-order valence-corrected chi connectivity index (χ0v) is 34.8. The lowest BCUT2D eigenvalue weighted by Crippen LogP contribution is -2.60. The highest BCUT2D eigenvalue weighted by atomic mass is 32.1. The minimum absolute atomic E-state index is 0.0411. The number of piperidine rings is 2. The summed E-state index contributed by atoms with van der Waals surface area (Å²) in [6, 6.07) is 16.1. The van der Waals surface area contributed by atoms with Gasteiger partial charge >= 0.3 is 0 Å². The first-order valence-corrected chi connectivity index (χ1v) is 20.4. The van der Waals surface area contributed by atoms with Crippen molar-refractivity contribution < 1.29 is 9.47 Å². The molecular formula is C41H52N10O2S2. The molecule has 0 radical (unpaired) electrons. The number of thiophene rings is 2. The van der Waals surface area contributed by atoms with E-state index in [1.54, 1.807) is 22.7 Å². The smallest absolute Gasteiger partial charge is 0.233 e. The molecule has 2 fully saturated rings. The van der Waals surface area contributed by atoms with E-state index in [2.05, 4.69) is 126 Å². The number of hydrogen-bond donors (Lipinski definition) is 3. The Labute approximate surface area is 331 Å². The van der Waals surface area contributed by atoms with Gasteiger partial charge in [0.2, 0.25) is 11.8 Å². The van der Waals surface area contributed by atoms with Gasteiger partial charge in [0.15, 0.2) is 0 Å². The summed E-state index contributed by atoms with van der Waals surface area (Å²) in [6.07, 6.45) is 11.6. The molecule has 6 aromatic heterocycles. The lowest BCUT2D eigenvalue weighted by Gasteiger charge is -2.46. The average Bonchev–Trinajstić information content (AvgIpc) is 3.91. The Kier molecular flexibility index (Phi) is 10.7. The van der Waals surface area contributed by atoms with Gasteiger partial charge in [-0.1, -0.05) is 0 Å². The lowest BCUT2D eigenvalue weighted by atomic mass is 9.81. The highest BCUT2D eigenvalue weighted by molar-refractivity contribution is 7.19. The summed E-state index contributed by atoms with van der Waals surface area (Å²) in [5.41, 5.74) is 4.07. The Morgan fingerprint density at radius 2 is 1.04 bits per heavy atom. The van der Waals surface area contributed by atoms with Crippen LogP contribution in [-0.2, 0) is 7.05 Å². The highest BCUT2D eigenvalue weighted by Crippen LogP contribution is 2.36. The first-order chi connectivity index (χ1) is 26.0. The molecule has 2 aliphatic heterocycles. The van der Waals surface area contributed by atoms with E-state index in [0.717, 1.165) is 62.8 Å². The van der Waals surface area contributed by atoms with Crippen LogP contribution >= 0.6 is 22.7 Å². The van der Waals surface area contributed by atoms with Crippen molar-refractivity contribution in [1.82, 2.24) is 51.0 Å². The molecular weight excluding hydrogens is 729 g/mol. The van der Waals surface area contributed by atoms with E-state index >= 15 is 0 Å². The number of H-pyrrole nitrogens is 1. The molecule has 8 heterocycles. The van der Waals surface area contributed by atoms with Crippen molar-refractivity contribution in [2.24, 2.45) is 7.05 Å². The van der Waals surface area contributed by atoms with Crippen LogP contribution in [0.2, 0.25) is 0 Å². The maximum Gasteiger partial charge on any atom is 0.233 e. The van der Waals surface area contributed by atoms with E-state index < -0.39 is 0 Å². The second kappa shape index (κ2) is 15.2. The van der Waals surface area contributed by atoms with E-state index in [-0.39, 0.29) is 34.4 Å². The van der Waals surface area contributed by atoms with Gasteiger partial charge in [-0.25, -0.2) is 0 Å². The van der Waals surface area contributed by atoms with Gasteiger partial charge in [-0.3, -0.25) is 9.78 Å². The molecule has 0 amide bonds. The first kappa shape index (κ1) is 38.8. The largest absolute Gasteiger partial charge is 0.473 e. The van der Waals surface area contributed by atoms with Gasteiger partial charge in [0.05, 0.1) is 22.1 Å². The molecule has 8 rings (SSSR count). The van der Waals surface area contributed by atoms with Crippen LogP contribution in [0.4, 0.5) is 0 Å². The van der Waals surface area contributed by atoms with Gasteiger partial charge in [-0.05, 0) is 91.8 Å². The standard InChI is InChI=1S/C21H27N5OS.C20H25N5OS/c1-20(2)10-15(11-21(3,4)25-20)27-19-9-6-16(23-24-19)18-8-7-17(28-18)14-12-22-26(5)13-14;1-19(2)9-14(10-20(3,4)25-19)26-18-8-5-15(23-24-18)17-7-6-16(27-17)13-11-21-22-12-13/h6-9,12-13,15,25H,10-11H2,1-5H3;5-8,11-12,14,25H,9-10H2,1-4H3,(H,21,22). The van der Waals surface area contributed by atoms with Gasteiger partial charge in [-0.15, -0.1) is 43.1 Å². The number of aromatic nitrogens is 8. The summed E-state index contributed by atoms with van der Waals surface area (Å²) < 4.78 is 14.1. The van der Waals surface area contributed by atoms with Crippen molar-refractivity contribution in [3.63, 3.8) is 0 Å². The minimum Gasteiger partial charge on any atom is -0.473 e. The molecule has 290 valence electrons. The molecule has 2 aliphatic rings. The minimum atomic E-state index is 0.0411. The molecule has 2 saturated heterocycles. The Hall–Kier alpha value is -4.50. The van der Waals surface area contributed by atoms with Gasteiger partial charge < -0.3 is 20.1 Å². The third kappa shape index (κ3) is 10.0. The van der Waals surface area contributed by atoms with Crippen LogP contribution in [-0.4, -0.2) is 74.7 Å². The number of nitrogens with one attached hydrogen (secondary N) is 3. The quantitative estimate of drug-likeness (QED) is 0.138. The fourth-order valence-electron chi connectivity index (χ4n) is 8.19. The number of rotatable bonds is 8. The fraction of sp³-hybridized carbons (Fsp3) is 0.463. The van der Waals surface area contributed by atoms with Gasteiger partial charge in [0.1, 0.15) is 23.6 Å². The predicted molar refractivity (Wildman–Crippen MR) is 220 cm³/mol. The zero-order valence-electron chi connectivity index (χ0n) is 33.2. The first-order valence-electron chi connectivity index (χ1n) is 18.8. The summed E-state index contributed by atoms with van der Waals surface area (Å²) >= 11 is 3.36. The molecule has 0 spiro atoms. The number of aromatic amines is 1. The number of ether oxygens (including phenoxy) is 2. The molecule has 6 aromatic rings. The molecule has 55 heavy (non-hydrogen) atoms. The topological polar surface area (TPSA) is 141 Å². The molecule has 0 atom stereocenters. The van der Waals surface area contributed by atoms with E-state index in [0.29, 0.717) is 11.8 Å². The molecule has 12 nitrogen and oxygen atoms in total. The van der Waals surface area contributed by atoms with Gasteiger partial charge in [0, 0.05) is 100 Å². The van der Waals surface area contributed by atoms with Crippen molar-refractivity contribution >= 4 is 22.7 Å². The van der Waals surface area contributed by atoms with Crippen LogP contribution < -0.4 is 20.1 Å². The van der Waals surface area contributed by atoms with E-state index in [9.17, 15) is 0 Å². The maximum absolute atomic E-state index is 6.17. The number of aryl methyl sites for hydroxylation is 1. The summed E-state index contributed by atoms with van der Waals surface area (Å²) in [5, 5.41) is 35.8. The average molecular weight is 781 g/mol. The maximum atomic E-state index is 6.17. The van der Waals surface area contributed by atoms with Gasteiger partial charge in [-0.2, -0.15) is 10.2 Å². The molecule has 0 bridgehead atoms. The summed E-state index contributed by atoms with van der Waals surface area (Å²) in [7, 11) is 1.92. The van der Waals surface area contributed by atoms with E-state index in [1.165, 1.54) is 4.88 Å². The van der Waals surface area contributed by atoms with Crippen molar-refractivity contribution in [2.75, 3.05) is 0 Å².